The summed E-state index contributed by atoms with van der Waals surface area (Å²) in [6, 6.07) is 11.6. The maximum Gasteiger partial charge on any atom is 0.0722 e. The molecular weight excluding hydrogens is 222 g/mol. The maximum atomic E-state index is 4.40. The molecule has 0 aliphatic carbocycles. The highest BCUT2D eigenvalue weighted by atomic mass is 15.2. The van der Waals surface area contributed by atoms with Gasteiger partial charge in [0.2, 0.25) is 0 Å². The average molecular weight is 241 g/mol. The Morgan fingerprint density at radius 1 is 1.28 bits per heavy atom. The van der Waals surface area contributed by atoms with Crippen molar-refractivity contribution in [2.24, 2.45) is 0 Å². The summed E-state index contributed by atoms with van der Waals surface area (Å²) in [5.41, 5.74) is 2.26. The topological polar surface area (TPSA) is 28.2 Å². The van der Waals surface area contributed by atoms with Crippen LogP contribution in [-0.4, -0.2) is 35.6 Å². The Kier molecular flexibility index (Phi) is 2.92. The van der Waals surface area contributed by atoms with E-state index < -0.39 is 0 Å². The van der Waals surface area contributed by atoms with Gasteiger partial charge in [0.25, 0.3) is 0 Å². The van der Waals surface area contributed by atoms with Crippen molar-refractivity contribution in [3.05, 3.63) is 36.5 Å². The molecule has 18 heavy (non-hydrogen) atoms. The molecule has 1 saturated heterocycles. The van der Waals surface area contributed by atoms with Gasteiger partial charge in [0, 0.05) is 35.9 Å². The van der Waals surface area contributed by atoms with Crippen LogP contribution < -0.4 is 5.32 Å². The Hall–Kier alpha value is -1.61. The number of benzene rings is 1. The molecule has 3 heteroatoms. The van der Waals surface area contributed by atoms with E-state index in [1.807, 2.05) is 12.3 Å². The van der Waals surface area contributed by atoms with Crippen molar-refractivity contribution >= 4 is 16.6 Å². The Balaban J connectivity index is 1.87. The predicted octanol–water partition coefficient (Wildman–Crippen LogP) is 2.74. The minimum absolute atomic E-state index is 0.538. The molecule has 0 spiro atoms. The van der Waals surface area contributed by atoms with E-state index in [4.69, 9.17) is 0 Å². The van der Waals surface area contributed by atoms with Gasteiger partial charge < -0.3 is 10.2 Å². The van der Waals surface area contributed by atoms with Crippen molar-refractivity contribution in [2.75, 3.05) is 18.9 Å². The second-order valence-electron chi connectivity index (χ2n) is 5.24. The highest BCUT2D eigenvalue weighted by Crippen LogP contribution is 2.25. The van der Waals surface area contributed by atoms with E-state index in [-0.39, 0.29) is 0 Å². The van der Waals surface area contributed by atoms with Gasteiger partial charge in [0.15, 0.2) is 0 Å². The summed E-state index contributed by atoms with van der Waals surface area (Å²) in [6.07, 6.45) is 3.05. The zero-order valence-electron chi connectivity index (χ0n) is 10.9. The van der Waals surface area contributed by atoms with Crippen LogP contribution in [0.15, 0.2) is 36.5 Å². The van der Waals surface area contributed by atoms with Gasteiger partial charge in [0.1, 0.15) is 0 Å². The Morgan fingerprint density at radius 3 is 2.94 bits per heavy atom. The fourth-order valence-electron chi connectivity index (χ4n) is 2.75. The summed E-state index contributed by atoms with van der Waals surface area (Å²) in [7, 11) is 2.19. The van der Waals surface area contributed by atoms with E-state index in [0.29, 0.717) is 12.1 Å². The van der Waals surface area contributed by atoms with Crippen LogP contribution in [0.5, 0.6) is 0 Å². The zero-order chi connectivity index (χ0) is 12.5. The fourth-order valence-corrected chi connectivity index (χ4v) is 2.75. The fraction of sp³-hybridized carbons (Fsp3) is 0.400. The van der Waals surface area contributed by atoms with Gasteiger partial charge in [-0.25, -0.2) is 0 Å². The van der Waals surface area contributed by atoms with Gasteiger partial charge in [-0.2, -0.15) is 0 Å². The number of pyridine rings is 1. The van der Waals surface area contributed by atoms with Gasteiger partial charge in [-0.05, 0) is 44.7 Å². The highest BCUT2D eigenvalue weighted by molar-refractivity contribution is 5.91. The SMILES string of the molecule is CC1CC(Nc2cccc3ncccc23)CN1C. The molecule has 3 nitrogen and oxygen atoms in total. The lowest BCUT2D eigenvalue weighted by molar-refractivity contribution is 0.330. The number of nitrogens with one attached hydrogen (secondary N) is 1. The molecule has 1 fully saturated rings. The molecule has 0 radical (unpaired) electrons. The highest BCUT2D eigenvalue weighted by Gasteiger charge is 2.26. The number of hydrogen-bond donors (Lipinski definition) is 1. The van der Waals surface area contributed by atoms with Crippen LogP contribution in [0, 0.1) is 0 Å². The summed E-state index contributed by atoms with van der Waals surface area (Å²) in [4.78, 5) is 6.80. The molecule has 1 aliphatic rings. The second-order valence-corrected chi connectivity index (χ2v) is 5.24. The maximum absolute atomic E-state index is 4.40. The first-order valence-electron chi connectivity index (χ1n) is 6.54. The number of hydrogen-bond acceptors (Lipinski definition) is 3. The largest absolute Gasteiger partial charge is 0.380 e. The van der Waals surface area contributed by atoms with Gasteiger partial charge >= 0.3 is 0 Å². The van der Waals surface area contributed by atoms with Crippen molar-refractivity contribution < 1.29 is 0 Å². The third-order valence-electron chi connectivity index (χ3n) is 3.89. The molecule has 2 atom stereocenters. The first-order chi connectivity index (χ1) is 8.74. The number of aromatic nitrogens is 1. The quantitative estimate of drug-likeness (QED) is 0.876. The van der Waals surface area contributed by atoms with Crippen molar-refractivity contribution in [1.29, 1.82) is 0 Å². The Morgan fingerprint density at radius 2 is 2.17 bits per heavy atom. The number of likely N-dealkylation sites (N-methyl/N-ethyl adjacent to an activating group) is 1. The van der Waals surface area contributed by atoms with Crippen LogP contribution in [0.2, 0.25) is 0 Å². The molecule has 0 saturated carbocycles. The summed E-state index contributed by atoms with van der Waals surface area (Å²) in [6.45, 7) is 3.39. The van der Waals surface area contributed by atoms with Gasteiger partial charge in [0.05, 0.1) is 5.52 Å². The van der Waals surface area contributed by atoms with Gasteiger partial charge in [-0.3, -0.25) is 4.98 Å². The summed E-state index contributed by atoms with van der Waals surface area (Å²) >= 11 is 0. The van der Waals surface area contributed by atoms with Gasteiger partial charge in [-0.1, -0.05) is 6.07 Å². The molecule has 1 N–H and O–H groups in total. The van der Waals surface area contributed by atoms with Crippen LogP contribution in [0.25, 0.3) is 10.9 Å². The van der Waals surface area contributed by atoms with Crippen molar-refractivity contribution in [2.45, 2.75) is 25.4 Å². The van der Waals surface area contributed by atoms with Crippen LogP contribution >= 0.6 is 0 Å². The zero-order valence-corrected chi connectivity index (χ0v) is 10.9. The van der Waals surface area contributed by atoms with E-state index in [2.05, 4.69) is 53.4 Å². The lowest BCUT2D eigenvalue weighted by atomic mass is 10.1. The minimum atomic E-state index is 0.538. The third kappa shape index (κ3) is 2.06. The molecule has 1 aromatic heterocycles. The van der Waals surface area contributed by atoms with E-state index in [1.54, 1.807) is 0 Å². The van der Waals surface area contributed by atoms with E-state index in [1.165, 1.54) is 17.5 Å². The number of nitrogens with zero attached hydrogens (tertiary/aromatic N) is 2. The molecule has 2 heterocycles. The Bertz CT molecular complexity index is 537. The summed E-state index contributed by atoms with van der Waals surface area (Å²) in [5, 5.41) is 4.87. The van der Waals surface area contributed by atoms with E-state index in [9.17, 15) is 0 Å². The molecule has 1 aromatic carbocycles. The number of anilines is 1. The average Bonchev–Trinajstić information content (AvgIpc) is 2.69. The lowest BCUT2D eigenvalue weighted by Gasteiger charge is -2.15. The Labute approximate surface area is 108 Å². The predicted molar refractivity (Wildman–Crippen MR) is 75.9 cm³/mol. The van der Waals surface area contributed by atoms with Crippen molar-refractivity contribution in [1.82, 2.24) is 9.88 Å². The van der Waals surface area contributed by atoms with Crippen LogP contribution in [0.1, 0.15) is 13.3 Å². The molecule has 1 aliphatic heterocycles. The minimum Gasteiger partial charge on any atom is -0.380 e. The first kappa shape index (κ1) is 11.5. The molecule has 0 bridgehead atoms. The molecule has 3 rings (SSSR count). The second kappa shape index (κ2) is 4.58. The third-order valence-corrected chi connectivity index (χ3v) is 3.89. The standard InChI is InChI=1S/C15H19N3/c1-11-9-12(10-18(11)2)17-15-7-3-6-14-13(15)5-4-8-16-14/h3-8,11-12,17H,9-10H2,1-2H3. The number of rotatable bonds is 2. The van der Waals surface area contributed by atoms with Crippen molar-refractivity contribution in [3.8, 4) is 0 Å². The van der Waals surface area contributed by atoms with E-state index in [0.717, 1.165) is 12.1 Å². The smallest absolute Gasteiger partial charge is 0.0722 e. The number of likely N-dealkylation sites (tertiary alicyclic amines) is 1. The number of fused-ring (bicyclic) bond motifs is 1. The normalized spacial score (nSPS) is 24.6. The first-order valence-corrected chi connectivity index (χ1v) is 6.54. The van der Waals surface area contributed by atoms with Crippen molar-refractivity contribution in [3.63, 3.8) is 0 Å². The van der Waals surface area contributed by atoms with E-state index >= 15 is 0 Å². The monoisotopic (exact) mass is 241 g/mol. The lowest BCUT2D eigenvalue weighted by Crippen LogP contribution is -2.24. The molecule has 2 unspecified atom stereocenters. The van der Waals surface area contributed by atoms with Crippen LogP contribution in [0.3, 0.4) is 0 Å². The molecular formula is C15H19N3. The molecule has 2 aromatic rings. The molecule has 0 amide bonds. The van der Waals surface area contributed by atoms with Gasteiger partial charge in [-0.15, -0.1) is 0 Å². The summed E-state index contributed by atoms with van der Waals surface area (Å²) in [5.74, 6) is 0. The molecule has 94 valence electrons. The summed E-state index contributed by atoms with van der Waals surface area (Å²) < 4.78 is 0. The van der Waals surface area contributed by atoms with Crippen LogP contribution in [0.4, 0.5) is 5.69 Å². The van der Waals surface area contributed by atoms with Crippen LogP contribution in [-0.2, 0) is 0 Å².